The van der Waals surface area contributed by atoms with Gasteiger partial charge in [-0.3, -0.25) is 15.1 Å². The lowest BCUT2D eigenvalue weighted by molar-refractivity contribution is -0.192. The quantitative estimate of drug-likeness (QED) is 0.871. The molecule has 0 aliphatic heterocycles. The van der Waals surface area contributed by atoms with Crippen LogP contribution in [0, 0.1) is 6.92 Å². The molecule has 2 aromatic rings. The first-order valence-corrected chi connectivity index (χ1v) is 6.30. The fourth-order valence-corrected chi connectivity index (χ4v) is 1.58. The number of pyridine rings is 1. The molecule has 0 saturated carbocycles. The highest BCUT2D eigenvalue weighted by Crippen LogP contribution is 2.13. The van der Waals surface area contributed by atoms with E-state index >= 15 is 0 Å². The van der Waals surface area contributed by atoms with Gasteiger partial charge in [0.05, 0.1) is 0 Å². The summed E-state index contributed by atoms with van der Waals surface area (Å²) in [6, 6.07) is 5.16. The standard InChI is InChI=1S/C9H8N4OS.C2HF3O2/c1-6-11-9(15-13-6)12-8(14)7-4-2-3-5-10-7;3-2(4,5)1(6)7/h2-5H,1H3,(H,11,12,13,14);(H,6,7). The topological polar surface area (TPSA) is 105 Å². The monoisotopic (exact) mass is 334 g/mol. The fourth-order valence-electron chi connectivity index (χ4n) is 1.01. The zero-order valence-electron chi connectivity index (χ0n) is 11.0. The van der Waals surface area contributed by atoms with Crippen molar-refractivity contribution in [2.24, 2.45) is 0 Å². The van der Waals surface area contributed by atoms with Crippen LogP contribution in [0.5, 0.6) is 0 Å². The first-order valence-electron chi connectivity index (χ1n) is 5.53. The molecule has 0 radical (unpaired) electrons. The number of carbonyl (C=O) groups is 2. The fraction of sp³-hybridized carbons (Fsp3) is 0.182. The minimum absolute atomic E-state index is 0.272. The van der Waals surface area contributed by atoms with Crippen molar-refractivity contribution in [2.75, 3.05) is 5.32 Å². The lowest BCUT2D eigenvalue weighted by Crippen LogP contribution is -2.21. The second-order valence-corrected chi connectivity index (χ2v) is 4.37. The summed E-state index contributed by atoms with van der Waals surface area (Å²) in [7, 11) is 0. The summed E-state index contributed by atoms with van der Waals surface area (Å²) >= 11 is 1.15. The number of rotatable bonds is 2. The number of amides is 1. The molecule has 2 N–H and O–H groups in total. The van der Waals surface area contributed by atoms with Gasteiger partial charge < -0.3 is 5.11 Å². The molecule has 0 bridgehead atoms. The molecular weight excluding hydrogens is 325 g/mol. The van der Waals surface area contributed by atoms with Crippen LogP contribution in [0.3, 0.4) is 0 Å². The highest BCUT2D eigenvalue weighted by atomic mass is 32.1. The summed E-state index contributed by atoms with van der Waals surface area (Å²) in [4.78, 5) is 28.4. The van der Waals surface area contributed by atoms with E-state index in [1.807, 2.05) is 0 Å². The van der Waals surface area contributed by atoms with Gasteiger partial charge in [0.25, 0.3) is 5.91 Å². The molecule has 0 unspecified atom stereocenters. The molecule has 0 fully saturated rings. The SMILES string of the molecule is Cc1nsc(NC(=O)c2ccccn2)n1.O=C(O)C(F)(F)F. The Morgan fingerprint density at radius 1 is 1.32 bits per heavy atom. The first-order chi connectivity index (χ1) is 10.2. The molecule has 2 rings (SSSR count). The second kappa shape index (κ2) is 7.45. The number of hydrogen-bond acceptors (Lipinski definition) is 6. The van der Waals surface area contributed by atoms with Crippen LogP contribution >= 0.6 is 11.5 Å². The first kappa shape index (κ1) is 17.5. The Kier molecular flexibility index (Phi) is 5.92. The molecule has 1 amide bonds. The average Bonchev–Trinajstić information content (AvgIpc) is 2.84. The third-order valence-corrected chi connectivity index (χ3v) is 2.61. The number of anilines is 1. The normalized spacial score (nSPS) is 10.4. The van der Waals surface area contributed by atoms with Gasteiger partial charge in [-0.05, 0) is 19.1 Å². The lowest BCUT2D eigenvalue weighted by Gasteiger charge is -1.98. The summed E-state index contributed by atoms with van der Waals surface area (Å²) in [6.07, 6.45) is -3.51. The summed E-state index contributed by atoms with van der Waals surface area (Å²) in [5.41, 5.74) is 0.366. The lowest BCUT2D eigenvalue weighted by atomic mass is 10.3. The van der Waals surface area contributed by atoms with E-state index < -0.39 is 12.1 Å². The van der Waals surface area contributed by atoms with Crippen LogP contribution in [0.1, 0.15) is 16.3 Å². The number of nitrogens with one attached hydrogen (secondary N) is 1. The molecule has 22 heavy (non-hydrogen) atoms. The second-order valence-electron chi connectivity index (χ2n) is 3.62. The number of hydrogen-bond donors (Lipinski definition) is 2. The van der Waals surface area contributed by atoms with Crippen molar-refractivity contribution >= 4 is 28.5 Å². The van der Waals surface area contributed by atoms with Gasteiger partial charge in [0, 0.05) is 17.7 Å². The van der Waals surface area contributed by atoms with Crippen LogP contribution in [-0.4, -0.2) is 37.5 Å². The summed E-state index contributed by atoms with van der Waals surface area (Å²) in [5, 5.41) is 10.2. The minimum Gasteiger partial charge on any atom is -0.475 e. The molecule has 0 aromatic carbocycles. The number of halogens is 3. The van der Waals surface area contributed by atoms with E-state index in [9.17, 15) is 18.0 Å². The van der Waals surface area contributed by atoms with Gasteiger partial charge in [0.2, 0.25) is 5.13 Å². The Hall–Kier alpha value is -2.56. The molecule has 0 atom stereocenters. The third kappa shape index (κ3) is 5.83. The summed E-state index contributed by atoms with van der Waals surface area (Å²) in [6.45, 7) is 1.77. The van der Waals surface area contributed by atoms with Gasteiger partial charge in [-0.25, -0.2) is 9.78 Å². The maximum Gasteiger partial charge on any atom is 0.490 e. The Balaban J connectivity index is 0.000000295. The van der Waals surface area contributed by atoms with Crippen LogP contribution in [0.25, 0.3) is 0 Å². The molecule has 0 spiro atoms. The van der Waals surface area contributed by atoms with Gasteiger partial charge in [0.15, 0.2) is 0 Å². The van der Waals surface area contributed by atoms with Gasteiger partial charge in [-0.2, -0.15) is 17.5 Å². The van der Waals surface area contributed by atoms with Crippen LogP contribution in [0.15, 0.2) is 24.4 Å². The van der Waals surface area contributed by atoms with Gasteiger partial charge in [-0.1, -0.05) is 6.07 Å². The molecule has 0 aliphatic rings. The highest BCUT2D eigenvalue weighted by molar-refractivity contribution is 7.09. The maximum atomic E-state index is 11.6. The van der Waals surface area contributed by atoms with E-state index in [2.05, 4.69) is 19.7 Å². The Morgan fingerprint density at radius 3 is 2.36 bits per heavy atom. The molecule has 11 heteroatoms. The van der Waals surface area contributed by atoms with E-state index in [4.69, 9.17) is 9.90 Å². The van der Waals surface area contributed by atoms with Crippen molar-refractivity contribution in [2.45, 2.75) is 13.1 Å². The predicted molar refractivity (Wildman–Crippen MR) is 70.5 cm³/mol. The minimum atomic E-state index is -5.08. The number of aliphatic carboxylic acids is 1. The largest absolute Gasteiger partial charge is 0.490 e. The van der Waals surface area contributed by atoms with Gasteiger partial charge in [0.1, 0.15) is 11.5 Å². The molecule has 2 aromatic heterocycles. The molecule has 7 nitrogen and oxygen atoms in total. The Morgan fingerprint density at radius 2 is 1.95 bits per heavy atom. The molecule has 0 saturated heterocycles. The maximum absolute atomic E-state index is 11.6. The number of aryl methyl sites for hydroxylation is 1. The predicted octanol–water partition coefficient (Wildman–Crippen LogP) is 2.13. The smallest absolute Gasteiger partial charge is 0.475 e. The van der Waals surface area contributed by atoms with Crippen LogP contribution in [-0.2, 0) is 4.79 Å². The molecule has 2 heterocycles. The summed E-state index contributed by atoms with van der Waals surface area (Å²) < 4.78 is 35.7. The van der Waals surface area contributed by atoms with Crippen LogP contribution in [0.2, 0.25) is 0 Å². The average molecular weight is 334 g/mol. The number of carboxylic acids is 1. The van der Waals surface area contributed by atoms with Crippen LogP contribution < -0.4 is 5.32 Å². The molecule has 118 valence electrons. The number of nitrogens with zero attached hydrogens (tertiary/aromatic N) is 3. The van der Waals surface area contributed by atoms with Crippen molar-refractivity contribution in [1.82, 2.24) is 14.3 Å². The van der Waals surface area contributed by atoms with E-state index in [0.717, 1.165) is 11.5 Å². The third-order valence-electron chi connectivity index (χ3n) is 1.89. The highest BCUT2D eigenvalue weighted by Gasteiger charge is 2.38. The number of aromatic nitrogens is 3. The van der Waals surface area contributed by atoms with Crippen molar-refractivity contribution in [1.29, 1.82) is 0 Å². The Labute approximate surface area is 126 Å². The van der Waals surface area contributed by atoms with E-state index in [1.165, 1.54) is 0 Å². The van der Waals surface area contributed by atoms with Crippen LogP contribution in [0.4, 0.5) is 18.3 Å². The molecular formula is C11H9F3N4O3S. The van der Waals surface area contributed by atoms with E-state index in [1.54, 1.807) is 31.3 Å². The van der Waals surface area contributed by atoms with Crippen molar-refractivity contribution < 1.29 is 27.9 Å². The number of carboxylic acid groups (broad SMARTS) is 1. The van der Waals surface area contributed by atoms with Gasteiger partial charge in [-0.15, -0.1) is 0 Å². The van der Waals surface area contributed by atoms with Crippen molar-refractivity contribution in [3.05, 3.63) is 35.9 Å². The zero-order valence-corrected chi connectivity index (χ0v) is 11.8. The Bertz CT molecular complexity index is 646. The molecule has 0 aliphatic carbocycles. The summed E-state index contributed by atoms with van der Waals surface area (Å²) in [5.74, 6) is -2.38. The van der Waals surface area contributed by atoms with E-state index in [-0.39, 0.29) is 5.91 Å². The zero-order chi connectivity index (χ0) is 16.8. The van der Waals surface area contributed by atoms with Gasteiger partial charge >= 0.3 is 12.1 Å². The number of alkyl halides is 3. The van der Waals surface area contributed by atoms with Crippen molar-refractivity contribution in [3.8, 4) is 0 Å². The van der Waals surface area contributed by atoms with E-state index in [0.29, 0.717) is 16.6 Å². The number of carbonyl (C=O) groups excluding carboxylic acids is 1. The van der Waals surface area contributed by atoms with Crippen molar-refractivity contribution in [3.63, 3.8) is 0 Å².